The number of rotatable bonds is 5. The summed E-state index contributed by atoms with van der Waals surface area (Å²) in [5.74, 6) is 0.698. The molecule has 1 heterocycles. The number of ether oxygens (including phenoxy) is 2. The fourth-order valence-electron chi connectivity index (χ4n) is 2.86. The third-order valence-electron chi connectivity index (χ3n) is 4.20. The minimum absolute atomic E-state index is 0.0703. The van der Waals surface area contributed by atoms with Gasteiger partial charge < -0.3 is 19.7 Å². The highest BCUT2D eigenvalue weighted by molar-refractivity contribution is 6.03. The molecular formula is C19H20N2O4. The summed E-state index contributed by atoms with van der Waals surface area (Å²) in [7, 11) is 3.15. The van der Waals surface area contributed by atoms with Gasteiger partial charge in [-0.3, -0.25) is 9.59 Å². The molecule has 2 aromatic carbocycles. The second-order valence-corrected chi connectivity index (χ2v) is 5.83. The zero-order valence-corrected chi connectivity index (χ0v) is 14.2. The Hall–Kier alpha value is -3.02. The van der Waals surface area contributed by atoms with Crippen LogP contribution in [0.3, 0.4) is 0 Å². The summed E-state index contributed by atoms with van der Waals surface area (Å²) in [6.45, 7) is 0.349. The van der Waals surface area contributed by atoms with Gasteiger partial charge in [-0.15, -0.1) is 0 Å². The van der Waals surface area contributed by atoms with E-state index in [1.54, 1.807) is 49.5 Å². The highest BCUT2D eigenvalue weighted by Crippen LogP contribution is 2.28. The summed E-state index contributed by atoms with van der Waals surface area (Å²) in [4.78, 5) is 26.5. The topological polar surface area (TPSA) is 67.9 Å². The van der Waals surface area contributed by atoms with Crippen molar-refractivity contribution < 1.29 is 19.1 Å². The molecule has 1 aliphatic rings. The lowest BCUT2D eigenvalue weighted by molar-refractivity contribution is -0.122. The minimum atomic E-state index is -0.398. The van der Waals surface area contributed by atoms with Crippen molar-refractivity contribution in [1.82, 2.24) is 0 Å². The molecule has 1 aliphatic heterocycles. The number of anilines is 2. The Morgan fingerprint density at radius 2 is 1.76 bits per heavy atom. The van der Waals surface area contributed by atoms with Crippen molar-refractivity contribution in [2.75, 3.05) is 31.0 Å². The van der Waals surface area contributed by atoms with E-state index >= 15 is 0 Å². The maximum atomic E-state index is 12.5. The third kappa shape index (κ3) is 3.74. The second kappa shape index (κ2) is 7.25. The number of nitrogens with one attached hydrogen (secondary N) is 1. The van der Waals surface area contributed by atoms with Crippen LogP contribution < -0.4 is 19.7 Å². The second-order valence-electron chi connectivity index (χ2n) is 5.83. The van der Waals surface area contributed by atoms with Crippen LogP contribution in [0, 0.1) is 5.92 Å². The standard InChI is InChI=1S/C19H20N2O4/c1-24-16-7-3-5-14(10-16)20-19(23)13-9-18(22)21(12-13)15-6-4-8-17(11-15)25-2/h3-8,10-11,13H,9,12H2,1-2H3,(H,20,23)/t13-/m0/s1. The molecule has 0 saturated carbocycles. The Labute approximate surface area is 146 Å². The van der Waals surface area contributed by atoms with E-state index in [1.807, 2.05) is 18.2 Å². The molecule has 0 spiro atoms. The Morgan fingerprint density at radius 1 is 1.08 bits per heavy atom. The first kappa shape index (κ1) is 16.8. The van der Waals surface area contributed by atoms with Crippen molar-refractivity contribution in [2.24, 2.45) is 5.92 Å². The van der Waals surface area contributed by atoms with E-state index in [-0.39, 0.29) is 18.2 Å². The first-order chi connectivity index (χ1) is 12.1. The SMILES string of the molecule is COc1cccc(NC(=O)[C@H]2CC(=O)N(c3cccc(OC)c3)C2)c1. The van der Waals surface area contributed by atoms with Crippen molar-refractivity contribution in [1.29, 1.82) is 0 Å². The van der Waals surface area contributed by atoms with E-state index in [4.69, 9.17) is 9.47 Å². The lowest BCUT2D eigenvalue weighted by atomic mass is 10.1. The maximum Gasteiger partial charge on any atom is 0.229 e. The van der Waals surface area contributed by atoms with E-state index in [0.717, 1.165) is 5.69 Å². The summed E-state index contributed by atoms with van der Waals surface area (Å²) >= 11 is 0. The van der Waals surface area contributed by atoms with Gasteiger partial charge in [0.15, 0.2) is 0 Å². The molecular weight excluding hydrogens is 320 g/mol. The maximum absolute atomic E-state index is 12.5. The first-order valence-electron chi connectivity index (χ1n) is 8.00. The predicted octanol–water partition coefficient (Wildman–Crippen LogP) is 2.70. The number of nitrogens with zero attached hydrogens (tertiary/aromatic N) is 1. The molecule has 1 N–H and O–H groups in total. The molecule has 25 heavy (non-hydrogen) atoms. The largest absolute Gasteiger partial charge is 0.497 e. The van der Waals surface area contributed by atoms with Crippen molar-refractivity contribution >= 4 is 23.2 Å². The molecule has 2 amide bonds. The molecule has 6 nitrogen and oxygen atoms in total. The molecule has 130 valence electrons. The quantitative estimate of drug-likeness (QED) is 0.909. The van der Waals surface area contributed by atoms with E-state index in [9.17, 15) is 9.59 Å². The van der Waals surface area contributed by atoms with Gasteiger partial charge in [-0.2, -0.15) is 0 Å². The van der Waals surface area contributed by atoms with Crippen LogP contribution in [0.15, 0.2) is 48.5 Å². The number of methoxy groups -OCH3 is 2. The average Bonchev–Trinajstić information content (AvgIpc) is 3.04. The molecule has 0 bridgehead atoms. The minimum Gasteiger partial charge on any atom is -0.497 e. The number of hydrogen-bond acceptors (Lipinski definition) is 4. The molecule has 0 radical (unpaired) electrons. The zero-order chi connectivity index (χ0) is 17.8. The van der Waals surface area contributed by atoms with E-state index in [2.05, 4.69) is 5.32 Å². The molecule has 0 unspecified atom stereocenters. The van der Waals surface area contributed by atoms with Gasteiger partial charge in [-0.25, -0.2) is 0 Å². The van der Waals surface area contributed by atoms with Crippen molar-refractivity contribution in [3.63, 3.8) is 0 Å². The molecule has 1 fully saturated rings. The highest BCUT2D eigenvalue weighted by atomic mass is 16.5. The van der Waals surface area contributed by atoms with Crippen LogP contribution in [-0.4, -0.2) is 32.6 Å². The van der Waals surface area contributed by atoms with E-state index in [0.29, 0.717) is 23.7 Å². The van der Waals surface area contributed by atoms with Crippen molar-refractivity contribution in [2.45, 2.75) is 6.42 Å². The molecule has 0 aliphatic carbocycles. The number of carbonyl (C=O) groups excluding carboxylic acids is 2. The molecule has 1 saturated heterocycles. The Kier molecular flexibility index (Phi) is 4.88. The fourth-order valence-corrected chi connectivity index (χ4v) is 2.86. The number of benzene rings is 2. The molecule has 2 aromatic rings. The van der Waals surface area contributed by atoms with Crippen molar-refractivity contribution in [3.8, 4) is 11.5 Å². The van der Waals surface area contributed by atoms with Gasteiger partial charge in [0.05, 0.1) is 20.1 Å². The van der Waals surface area contributed by atoms with Crippen molar-refractivity contribution in [3.05, 3.63) is 48.5 Å². The molecule has 0 aromatic heterocycles. The number of hydrogen-bond donors (Lipinski definition) is 1. The predicted molar refractivity (Wildman–Crippen MR) is 95.1 cm³/mol. The molecule has 1 atom stereocenters. The van der Waals surface area contributed by atoms with Crippen LogP contribution in [-0.2, 0) is 9.59 Å². The summed E-state index contributed by atoms with van der Waals surface area (Å²) in [6, 6.07) is 14.4. The average molecular weight is 340 g/mol. The number of carbonyl (C=O) groups is 2. The van der Waals surface area contributed by atoms with Crippen LogP contribution in [0.4, 0.5) is 11.4 Å². The van der Waals surface area contributed by atoms with Gasteiger partial charge in [0.1, 0.15) is 11.5 Å². The van der Waals surface area contributed by atoms with Gasteiger partial charge in [0, 0.05) is 36.5 Å². The smallest absolute Gasteiger partial charge is 0.229 e. The molecule has 6 heteroatoms. The lowest BCUT2D eigenvalue weighted by Crippen LogP contribution is -2.28. The van der Waals surface area contributed by atoms with Gasteiger partial charge >= 0.3 is 0 Å². The van der Waals surface area contributed by atoms with Gasteiger partial charge in [0.2, 0.25) is 11.8 Å². The third-order valence-corrected chi connectivity index (χ3v) is 4.20. The molecule has 3 rings (SSSR count). The Balaban J connectivity index is 1.69. The lowest BCUT2D eigenvalue weighted by Gasteiger charge is -2.17. The van der Waals surface area contributed by atoms with E-state index < -0.39 is 5.92 Å². The summed E-state index contributed by atoms with van der Waals surface area (Å²) in [5, 5.41) is 2.85. The fraction of sp³-hybridized carbons (Fsp3) is 0.263. The first-order valence-corrected chi connectivity index (χ1v) is 8.00. The monoisotopic (exact) mass is 340 g/mol. The van der Waals surface area contributed by atoms with Crippen LogP contribution >= 0.6 is 0 Å². The Morgan fingerprint density at radius 3 is 2.48 bits per heavy atom. The summed E-state index contributed by atoms with van der Waals surface area (Å²) in [6.07, 6.45) is 0.188. The van der Waals surface area contributed by atoms with Gasteiger partial charge in [0.25, 0.3) is 0 Å². The van der Waals surface area contributed by atoms with Gasteiger partial charge in [-0.05, 0) is 24.3 Å². The highest BCUT2D eigenvalue weighted by Gasteiger charge is 2.35. The zero-order valence-electron chi connectivity index (χ0n) is 14.2. The van der Waals surface area contributed by atoms with Crippen LogP contribution in [0.2, 0.25) is 0 Å². The number of amides is 2. The summed E-state index contributed by atoms with van der Waals surface area (Å²) in [5.41, 5.74) is 1.39. The normalized spacial score (nSPS) is 16.6. The van der Waals surface area contributed by atoms with Crippen LogP contribution in [0.1, 0.15) is 6.42 Å². The summed E-state index contributed by atoms with van der Waals surface area (Å²) < 4.78 is 10.3. The van der Waals surface area contributed by atoms with Crippen LogP contribution in [0.25, 0.3) is 0 Å². The Bertz CT molecular complexity index is 790. The van der Waals surface area contributed by atoms with Crippen LogP contribution in [0.5, 0.6) is 11.5 Å². The van der Waals surface area contributed by atoms with E-state index in [1.165, 1.54) is 0 Å². The van der Waals surface area contributed by atoms with Gasteiger partial charge in [-0.1, -0.05) is 12.1 Å².